The molecule has 158 valence electrons. The first-order chi connectivity index (χ1) is 15.0. The van der Waals surface area contributed by atoms with Gasteiger partial charge in [0.2, 0.25) is 0 Å². The third-order valence-electron chi connectivity index (χ3n) is 5.64. The molecule has 0 aliphatic heterocycles. The molecule has 0 saturated carbocycles. The Morgan fingerprint density at radius 3 is 2.52 bits per heavy atom. The molecule has 0 spiro atoms. The lowest BCUT2D eigenvalue weighted by Gasteiger charge is -2.12. The van der Waals surface area contributed by atoms with Gasteiger partial charge in [-0.05, 0) is 48.2 Å². The Bertz CT molecular complexity index is 1190. The molecule has 0 saturated heterocycles. The normalized spacial score (nSPS) is 11.2. The molecule has 0 bridgehead atoms. The molecule has 1 aromatic heterocycles. The molecule has 31 heavy (non-hydrogen) atoms. The van der Waals surface area contributed by atoms with Crippen LogP contribution < -0.4 is 5.32 Å². The van der Waals surface area contributed by atoms with Crippen molar-refractivity contribution in [2.45, 2.75) is 39.7 Å². The summed E-state index contributed by atoms with van der Waals surface area (Å²) in [5.74, 6) is 1.46. The maximum atomic E-state index is 12.5. The van der Waals surface area contributed by atoms with E-state index in [1.165, 1.54) is 11.1 Å². The number of aryl methyl sites for hydroxylation is 1. The van der Waals surface area contributed by atoms with Gasteiger partial charge in [0.15, 0.2) is 0 Å². The maximum Gasteiger partial charge on any atom is 0.251 e. The van der Waals surface area contributed by atoms with Crippen molar-refractivity contribution in [1.82, 2.24) is 14.9 Å². The van der Waals surface area contributed by atoms with Gasteiger partial charge >= 0.3 is 0 Å². The summed E-state index contributed by atoms with van der Waals surface area (Å²) >= 11 is 0. The number of nitrogens with zero attached hydrogens (tertiary/aromatic N) is 2. The van der Waals surface area contributed by atoms with Gasteiger partial charge in [0.1, 0.15) is 5.82 Å². The van der Waals surface area contributed by atoms with E-state index in [1.807, 2.05) is 49.4 Å². The standard InChI is InChI=1S/C27H29N3O/c1-19(2)22-13-11-21(12-14-22)18-30-25-10-5-4-9-24(25)29-26(30)15-16-28-27(31)23-8-6-7-20(3)17-23/h4-14,17,19H,15-16,18H2,1-3H3,(H,28,31). The van der Waals surface area contributed by atoms with Crippen LogP contribution >= 0.6 is 0 Å². The molecule has 0 atom stereocenters. The van der Waals surface area contributed by atoms with Crippen LogP contribution in [-0.4, -0.2) is 22.0 Å². The molecule has 0 radical (unpaired) electrons. The van der Waals surface area contributed by atoms with Crippen molar-refractivity contribution in [2.75, 3.05) is 6.54 Å². The summed E-state index contributed by atoms with van der Waals surface area (Å²) in [5, 5.41) is 3.04. The number of imidazole rings is 1. The first-order valence-electron chi connectivity index (χ1n) is 10.9. The zero-order chi connectivity index (χ0) is 21.8. The smallest absolute Gasteiger partial charge is 0.251 e. The highest BCUT2D eigenvalue weighted by Crippen LogP contribution is 2.20. The monoisotopic (exact) mass is 411 g/mol. The molecule has 4 rings (SSSR count). The maximum absolute atomic E-state index is 12.5. The van der Waals surface area contributed by atoms with E-state index in [0.717, 1.165) is 29.0 Å². The summed E-state index contributed by atoms with van der Waals surface area (Å²) in [5.41, 5.74) is 6.48. The van der Waals surface area contributed by atoms with Gasteiger partial charge in [-0.1, -0.05) is 67.9 Å². The molecule has 4 aromatic rings. The van der Waals surface area contributed by atoms with Crippen molar-refractivity contribution in [3.05, 3.63) is 101 Å². The third kappa shape index (κ3) is 4.85. The molecule has 1 amide bonds. The molecule has 4 nitrogen and oxygen atoms in total. The third-order valence-corrected chi connectivity index (χ3v) is 5.64. The van der Waals surface area contributed by atoms with Gasteiger partial charge in [-0.25, -0.2) is 4.98 Å². The minimum Gasteiger partial charge on any atom is -0.352 e. The molecule has 1 N–H and O–H groups in total. The van der Waals surface area contributed by atoms with Gasteiger partial charge in [0.05, 0.1) is 11.0 Å². The number of hydrogen-bond acceptors (Lipinski definition) is 2. The fourth-order valence-electron chi connectivity index (χ4n) is 3.86. The van der Waals surface area contributed by atoms with Crippen LogP contribution in [0.2, 0.25) is 0 Å². The minimum absolute atomic E-state index is 0.0457. The Hall–Kier alpha value is -3.40. The van der Waals surface area contributed by atoms with Crippen molar-refractivity contribution >= 4 is 16.9 Å². The van der Waals surface area contributed by atoms with Crippen LogP contribution in [0.15, 0.2) is 72.8 Å². The SMILES string of the molecule is Cc1cccc(C(=O)NCCc2nc3ccccc3n2Cc2ccc(C(C)C)cc2)c1. The number of fused-ring (bicyclic) bond motifs is 1. The molecule has 3 aromatic carbocycles. The second-order valence-electron chi connectivity index (χ2n) is 8.37. The topological polar surface area (TPSA) is 46.9 Å². The minimum atomic E-state index is -0.0457. The van der Waals surface area contributed by atoms with Crippen molar-refractivity contribution < 1.29 is 4.79 Å². The number of nitrogens with one attached hydrogen (secondary N) is 1. The average Bonchev–Trinajstić information content (AvgIpc) is 3.11. The summed E-state index contributed by atoms with van der Waals surface area (Å²) in [6, 6.07) is 24.7. The van der Waals surface area contributed by atoms with Gasteiger partial charge in [0.25, 0.3) is 5.91 Å². The Labute approximate surface area is 183 Å². The van der Waals surface area contributed by atoms with E-state index in [0.29, 0.717) is 24.4 Å². The van der Waals surface area contributed by atoms with Gasteiger partial charge in [-0.2, -0.15) is 0 Å². The van der Waals surface area contributed by atoms with Gasteiger partial charge in [-0.15, -0.1) is 0 Å². The first kappa shape index (κ1) is 20.9. The number of amides is 1. The number of carbonyl (C=O) groups is 1. The van der Waals surface area contributed by atoms with Crippen molar-refractivity contribution in [2.24, 2.45) is 0 Å². The van der Waals surface area contributed by atoms with Crippen LogP contribution in [0.1, 0.15) is 52.6 Å². The quantitative estimate of drug-likeness (QED) is 0.437. The number of aromatic nitrogens is 2. The first-order valence-corrected chi connectivity index (χ1v) is 10.9. The highest BCUT2D eigenvalue weighted by Gasteiger charge is 2.12. The van der Waals surface area contributed by atoms with E-state index < -0.39 is 0 Å². The van der Waals surface area contributed by atoms with Crippen LogP contribution in [0.3, 0.4) is 0 Å². The summed E-state index contributed by atoms with van der Waals surface area (Å²) < 4.78 is 2.26. The van der Waals surface area contributed by atoms with E-state index in [1.54, 1.807) is 0 Å². The number of rotatable bonds is 7. The van der Waals surface area contributed by atoms with Crippen molar-refractivity contribution in [3.63, 3.8) is 0 Å². The van der Waals surface area contributed by atoms with Gasteiger partial charge < -0.3 is 9.88 Å². The van der Waals surface area contributed by atoms with Crippen LogP contribution in [0.4, 0.5) is 0 Å². The molecule has 0 unspecified atom stereocenters. The average molecular weight is 412 g/mol. The van der Waals surface area contributed by atoms with Crippen LogP contribution in [0.5, 0.6) is 0 Å². The Morgan fingerprint density at radius 1 is 1.00 bits per heavy atom. The molecular formula is C27H29N3O. The van der Waals surface area contributed by atoms with E-state index >= 15 is 0 Å². The van der Waals surface area contributed by atoms with Crippen LogP contribution in [-0.2, 0) is 13.0 Å². The largest absolute Gasteiger partial charge is 0.352 e. The van der Waals surface area contributed by atoms with Crippen molar-refractivity contribution in [3.8, 4) is 0 Å². The molecule has 0 aliphatic rings. The molecule has 0 fully saturated rings. The number of carbonyl (C=O) groups excluding carboxylic acids is 1. The number of hydrogen-bond donors (Lipinski definition) is 1. The lowest BCUT2D eigenvalue weighted by Crippen LogP contribution is -2.26. The van der Waals surface area contributed by atoms with E-state index in [9.17, 15) is 4.79 Å². The van der Waals surface area contributed by atoms with E-state index in [-0.39, 0.29) is 5.91 Å². The second-order valence-corrected chi connectivity index (χ2v) is 8.37. The fourth-order valence-corrected chi connectivity index (χ4v) is 3.86. The zero-order valence-electron chi connectivity index (χ0n) is 18.4. The summed E-state index contributed by atoms with van der Waals surface area (Å²) in [6.45, 7) is 7.72. The lowest BCUT2D eigenvalue weighted by molar-refractivity contribution is 0.0954. The molecule has 4 heteroatoms. The highest BCUT2D eigenvalue weighted by molar-refractivity contribution is 5.94. The lowest BCUT2D eigenvalue weighted by atomic mass is 10.0. The summed E-state index contributed by atoms with van der Waals surface area (Å²) in [7, 11) is 0. The molecule has 0 aliphatic carbocycles. The van der Waals surface area contributed by atoms with Crippen molar-refractivity contribution in [1.29, 1.82) is 0 Å². The number of para-hydroxylation sites is 2. The fraction of sp³-hybridized carbons (Fsp3) is 0.259. The predicted octanol–water partition coefficient (Wildman–Crippen LogP) is 5.49. The predicted molar refractivity (Wildman–Crippen MR) is 127 cm³/mol. The van der Waals surface area contributed by atoms with E-state index in [4.69, 9.17) is 4.98 Å². The Balaban J connectivity index is 1.51. The van der Waals surface area contributed by atoms with Crippen LogP contribution in [0.25, 0.3) is 11.0 Å². The Morgan fingerprint density at radius 2 is 1.77 bits per heavy atom. The number of benzene rings is 3. The molecular weight excluding hydrogens is 382 g/mol. The summed E-state index contributed by atoms with van der Waals surface area (Å²) in [6.07, 6.45) is 0.677. The van der Waals surface area contributed by atoms with Gasteiger partial charge in [-0.3, -0.25) is 4.79 Å². The Kier molecular flexibility index (Phi) is 6.17. The van der Waals surface area contributed by atoms with E-state index in [2.05, 4.69) is 54.1 Å². The highest BCUT2D eigenvalue weighted by atomic mass is 16.1. The summed E-state index contributed by atoms with van der Waals surface area (Å²) in [4.78, 5) is 17.3. The molecule has 1 heterocycles. The van der Waals surface area contributed by atoms with Gasteiger partial charge in [0, 0.05) is 25.1 Å². The van der Waals surface area contributed by atoms with Crippen LogP contribution in [0, 0.1) is 6.92 Å². The second kappa shape index (κ2) is 9.17. The zero-order valence-corrected chi connectivity index (χ0v) is 18.4.